The van der Waals surface area contributed by atoms with Crippen LogP contribution in [0.1, 0.15) is 12.5 Å². The lowest BCUT2D eigenvalue weighted by Crippen LogP contribution is -2.27. The van der Waals surface area contributed by atoms with Gasteiger partial charge in [0.25, 0.3) is 0 Å². The molecule has 0 saturated heterocycles. The van der Waals surface area contributed by atoms with Gasteiger partial charge in [0.2, 0.25) is 0 Å². The lowest BCUT2D eigenvalue weighted by molar-refractivity contribution is 0.0493. The third-order valence-corrected chi connectivity index (χ3v) is 2.72. The Kier molecular flexibility index (Phi) is 4.11. The summed E-state index contributed by atoms with van der Waals surface area (Å²) >= 11 is 0. The maximum absolute atomic E-state index is 5.52. The van der Waals surface area contributed by atoms with Crippen LogP contribution in [0.25, 0.3) is 0 Å². The largest absolute Gasteiger partial charge is 0.374 e. The van der Waals surface area contributed by atoms with Crippen LogP contribution in [0.3, 0.4) is 0 Å². The van der Waals surface area contributed by atoms with E-state index in [-0.39, 0.29) is 5.60 Å². The average molecular weight is 206 g/mol. The SMILES string of the molecule is COC(C)(C=C[SiH3])Cc1ccccc1. The molecule has 1 aromatic carbocycles. The quantitative estimate of drug-likeness (QED) is 0.679. The second-order valence-electron chi connectivity index (χ2n) is 3.68. The fraction of sp³-hybridized carbons (Fsp3) is 0.333. The van der Waals surface area contributed by atoms with Crippen LogP contribution in [-0.4, -0.2) is 23.0 Å². The third kappa shape index (κ3) is 3.12. The molecule has 1 atom stereocenters. The number of rotatable bonds is 4. The van der Waals surface area contributed by atoms with E-state index in [1.54, 1.807) is 7.11 Å². The summed E-state index contributed by atoms with van der Waals surface area (Å²) in [5.74, 6) is 0. The number of benzene rings is 1. The summed E-state index contributed by atoms with van der Waals surface area (Å²) in [7, 11) is 2.85. The Labute approximate surface area is 89.2 Å². The number of hydrogen-bond donors (Lipinski definition) is 0. The molecule has 0 aliphatic carbocycles. The Bertz CT molecular complexity index is 294. The van der Waals surface area contributed by atoms with Crippen LogP contribution >= 0.6 is 0 Å². The molecule has 76 valence electrons. The lowest BCUT2D eigenvalue weighted by atomic mass is 9.96. The van der Waals surface area contributed by atoms with Crippen molar-refractivity contribution < 1.29 is 4.74 Å². The Morgan fingerprint density at radius 1 is 1.36 bits per heavy atom. The molecule has 0 aliphatic heterocycles. The zero-order chi connectivity index (χ0) is 10.4. The molecular weight excluding hydrogens is 188 g/mol. The van der Waals surface area contributed by atoms with Gasteiger partial charge in [-0.3, -0.25) is 0 Å². The first-order chi connectivity index (χ1) is 6.70. The lowest BCUT2D eigenvalue weighted by Gasteiger charge is -2.24. The van der Waals surface area contributed by atoms with E-state index in [4.69, 9.17) is 4.74 Å². The maximum Gasteiger partial charge on any atom is 0.0866 e. The minimum Gasteiger partial charge on any atom is -0.374 e. The fourth-order valence-corrected chi connectivity index (χ4v) is 2.26. The predicted octanol–water partition coefficient (Wildman–Crippen LogP) is 1.51. The van der Waals surface area contributed by atoms with E-state index < -0.39 is 0 Å². The molecule has 1 unspecified atom stereocenters. The highest BCUT2D eigenvalue weighted by Gasteiger charge is 2.19. The highest BCUT2D eigenvalue weighted by atomic mass is 28.1. The molecule has 0 fully saturated rings. The van der Waals surface area contributed by atoms with Crippen molar-refractivity contribution in [1.29, 1.82) is 0 Å². The normalized spacial score (nSPS) is 15.9. The molecule has 0 amide bonds. The molecule has 0 radical (unpaired) electrons. The summed E-state index contributed by atoms with van der Waals surface area (Å²) in [6, 6.07) is 10.4. The first kappa shape index (κ1) is 11.2. The van der Waals surface area contributed by atoms with Crippen LogP contribution in [0.5, 0.6) is 0 Å². The maximum atomic E-state index is 5.52. The second kappa shape index (κ2) is 5.13. The topological polar surface area (TPSA) is 9.23 Å². The molecule has 1 rings (SSSR count). The van der Waals surface area contributed by atoms with Crippen LogP contribution in [0.2, 0.25) is 0 Å². The number of hydrogen-bond acceptors (Lipinski definition) is 1. The van der Waals surface area contributed by atoms with Crippen LogP contribution in [0, 0.1) is 0 Å². The van der Waals surface area contributed by atoms with Crippen molar-refractivity contribution in [3.63, 3.8) is 0 Å². The van der Waals surface area contributed by atoms with Crippen LogP contribution in [0.15, 0.2) is 42.1 Å². The van der Waals surface area contributed by atoms with Crippen LogP contribution < -0.4 is 0 Å². The molecule has 0 heterocycles. The zero-order valence-corrected chi connectivity index (χ0v) is 11.2. The molecule has 1 aromatic rings. The monoisotopic (exact) mass is 206 g/mol. The highest BCUT2D eigenvalue weighted by molar-refractivity contribution is 6.17. The van der Waals surface area contributed by atoms with Crippen LogP contribution in [-0.2, 0) is 11.2 Å². The first-order valence-corrected chi connectivity index (χ1v) is 6.08. The van der Waals surface area contributed by atoms with E-state index >= 15 is 0 Å². The molecule has 2 heteroatoms. The smallest absolute Gasteiger partial charge is 0.0866 e. The average Bonchev–Trinajstić information content (AvgIpc) is 2.20. The minimum absolute atomic E-state index is 0.150. The molecule has 0 bridgehead atoms. The summed E-state index contributed by atoms with van der Waals surface area (Å²) in [6.45, 7) is 2.12. The van der Waals surface area contributed by atoms with Gasteiger partial charge in [-0.2, -0.15) is 0 Å². The molecular formula is C12H18OSi. The first-order valence-electron chi connectivity index (χ1n) is 4.93. The molecule has 0 aliphatic rings. The standard InChI is InChI=1S/C12H18OSi/c1-12(13-2,8-9-14)10-11-6-4-3-5-7-11/h3-9H,10H2,1-2,14H3. The molecule has 14 heavy (non-hydrogen) atoms. The van der Waals surface area contributed by atoms with Gasteiger partial charge in [0.1, 0.15) is 0 Å². The highest BCUT2D eigenvalue weighted by Crippen LogP contribution is 2.17. The summed E-state index contributed by atoms with van der Waals surface area (Å²) in [6.07, 6.45) is 3.09. The van der Waals surface area contributed by atoms with Gasteiger partial charge in [-0.1, -0.05) is 36.4 Å². The minimum atomic E-state index is -0.150. The van der Waals surface area contributed by atoms with E-state index in [0.29, 0.717) is 0 Å². The molecule has 0 aromatic heterocycles. The van der Waals surface area contributed by atoms with Gasteiger partial charge in [-0.15, -0.1) is 5.70 Å². The molecule has 0 N–H and O–H groups in total. The second-order valence-corrected chi connectivity index (χ2v) is 4.35. The van der Waals surface area contributed by atoms with Gasteiger partial charge < -0.3 is 4.74 Å². The number of ether oxygens (including phenoxy) is 1. The van der Waals surface area contributed by atoms with Gasteiger partial charge in [-0.05, 0) is 12.5 Å². The summed E-state index contributed by atoms with van der Waals surface area (Å²) in [4.78, 5) is 0. The van der Waals surface area contributed by atoms with Crippen molar-refractivity contribution in [3.05, 3.63) is 47.7 Å². The molecule has 1 nitrogen and oxygen atoms in total. The Balaban J connectivity index is 2.75. The Morgan fingerprint density at radius 2 is 2.00 bits per heavy atom. The fourth-order valence-electron chi connectivity index (χ4n) is 1.55. The summed E-state index contributed by atoms with van der Waals surface area (Å²) in [5.41, 5.74) is 3.34. The van der Waals surface area contributed by atoms with E-state index in [2.05, 4.69) is 43.0 Å². The summed E-state index contributed by atoms with van der Waals surface area (Å²) in [5, 5.41) is 0. The van der Waals surface area contributed by atoms with Crippen molar-refractivity contribution in [1.82, 2.24) is 0 Å². The molecule has 0 saturated carbocycles. The van der Waals surface area contributed by atoms with Gasteiger partial charge >= 0.3 is 0 Å². The zero-order valence-electron chi connectivity index (χ0n) is 9.16. The Hall–Kier alpha value is -0.863. The predicted molar refractivity (Wildman–Crippen MR) is 64.6 cm³/mol. The van der Waals surface area contributed by atoms with Gasteiger partial charge in [-0.25, -0.2) is 0 Å². The van der Waals surface area contributed by atoms with E-state index in [9.17, 15) is 0 Å². The Morgan fingerprint density at radius 3 is 2.50 bits per heavy atom. The van der Waals surface area contributed by atoms with Crippen molar-refractivity contribution in [2.75, 3.05) is 7.11 Å². The van der Waals surface area contributed by atoms with Gasteiger partial charge in [0.05, 0.1) is 5.60 Å². The van der Waals surface area contributed by atoms with Crippen molar-refractivity contribution in [2.45, 2.75) is 18.9 Å². The van der Waals surface area contributed by atoms with E-state index in [1.807, 2.05) is 6.07 Å². The van der Waals surface area contributed by atoms with Crippen molar-refractivity contribution in [3.8, 4) is 0 Å². The van der Waals surface area contributed by atoms with Gasteiger partial charge in [0.15, 0.2) is 0 Å². The van der Waals surface area contributed by atoms with Crippen molar-refractivity contribution in [2.24, 2.45) is 0 Å². The summed E-state index contributed by atoms with van der Waals surface area (Å²) < 4.78 is 5.52. The van der Waals surface area contributed by atoms with E-state index in [1.165, 1.54) is 5.56 Å². The third-order valence-electron chi connectivity index (χ3n) is 2.38. The van der Waals surface area contributed by atoms with Gasteiger partial charge in [0, 0.05) is 23.8 Å². The van der Waals surface area contributed by atoms with E-state index in [0.717, 1.165) is 16.7 Å². The van der Waals surface area contributed by atoms with Crippen LogP contribution in [0.4, 0.5) is 0 Å². The number of methoxy groups -OCH3 is 1. The molecule has 0 spiro atoms. The van der Waals surface area contributed by atoms with Crippen molar-refractivity contribution >= 4 is 10.2 Å².